The Bertz CT molecular complexity index is 444. The zero-order chi connectivity index (χ0) is 11.6. The van der Waals surface area contributed by atoms with Crippen LogP contribution in [0.2, 0.25) is 0 Å². The number of nitrogens with zero attached hydrogens (tertiary/aromatic N) is 1. The lowest BCUT2D eigenvalue weighted by atomic mass is 10.2. The van der Waals surface area contributed by atoms with Crippen molar-refractivity contribution in [2.75, 3.05) is 0 Å². The molecule has 1 aromatic rings. The molecular weight excluding hydrogens is 212 g/mol. The molecule has 0 aliphatic heterocycles. The van der Waals surface area contributed by atoms with Crippen molar-refractivity contribution in [1.82, 2.24) is 4.98 Å². The van der Waals surface area contributed by atoms with Gasteiger partial charge >= 0.3 is 11.2 Å². The lowest BCUT2D eigenvalue weighted by molar-refractivity contribution is -0.386. The van der Waals surface area contributed by atoms with Gasteiger partial charge in [0.2, 0.25) is 0 Å². The molecule has 82 valence electrons. The Labute approximate surface area is 81.9 Å². The average Bonchev–Trinajstić information content (AvgIpc) is 2.16. The quantitative estimate of drug-likeness (QED) is 0.576. The van der Waals surface area contributed by atoms with Crippen molar-refractivity contribution >= 4 is 5.69 Å². The van der Waals surface area contributed by atoms with E-state index < -0.39 is 28.3 Å². The predicted molar refractivity (Wildman–Crippen MR) is 46.6 cm³/mol. The summed E-state index contributed by atoms with van der Waals surface area (Å²) in [6.45, 7) is -0.308. The van der Waals surface area contributed by atoms with Gasteiger partial charge in [-0.15, -0.1) is 0 Å². The molecule has 0 aromatic carbocycles. The lowest BCUT2D eigenvalue weighted by Gasteiger charge is -2.05. The molecule has 0 saturated heterocycles. The molecule has 1 heterocycles. The van der Waals surface area contributed by atoms with E-state index in [1.807, 2.05) is 0 Å². The summed E-state index contributed by atoms with van der Waals surface area (Å²) in [7, 11) is 0. The van der Waals surface area contributed by atoms with E-state index in [9.17, 15) is 23.7 Å². The monoisotopic (exact) mass is 219 g/mol. The number of aromatic amines is 1. The summed E-state index contributed by atoms with van der Waals surface area (Å²) in [6.07, 6.45) is -2.92. The van der Waals surface area contributed by atoms with E-state index in [1.54, 1.807) is 4.98 Å². The Morgan fingerprint density at radius 1 is 1.60 bits per heavy atom. The van der Waals surface area contributed by atoms with Gasteiger partial charge in [0, 0.05) is 12.6 Å². The molecule has 0 aliphatic carbocycles. The summed E-state index contributed by atoms with van der Waals surface area (Å²) in [5.74, 6) is 0. The Hall–Kier alpha value is -1.83. The van der Waals surface area contributed by atoms with Crippen LogP contribution in [0, 0.1) is 10.1 Å². The van der Waals surface area contributed by atoms with E-state index in [1.165, 1.54) is 0 Å². The van der Waals surface area contributed by atoms with Crippen molar-refractivity contribution in [2.24, 2.45) is 5.73 Å². The second-order valence-corrected chi connectivity index (χ2v) is 2.68. The fourth-order valence-electron chi connectivity index (χ4n) is 1.07. The van der Waals surface area contributed by atoms with Gasteiger partial charge in [0.15, 0.2) is 0 Å². The highest BCUT2D eigenvalue weighted by atomic mass is 19.3. The van der Waals surface area contributed by atoms with Gasteiger partial charge in [0.05, 0.1) is 10.6 Å². The van der Waals surface area contributed by atoms with Crippen LogP contribution >= 0.6 is 0 Å². The van der Waals surface area contributed by atoms with Crippen LogP contribution in [0.25, 0.3) is 0 Å². The van der Waals surface area contributed by atoms with Crippen LogP contribution in [0.4, 0.5) is 14.5 Å². The number of halogens is 2. The first-order valence-electron chi connectivity index (χ1n) is 3.86. The molecule has 0 radical (unpaired) electrons. The summed E-state index contributed by atoms with van der Waals surface area (Å²) in [5, 5.41) is 10.3. The van der Waals surface area contributed by atoms with Crippen molar-refractivity contribution < 1.29 is 13.7 Å². The number of hydrogen-bond acceptors (Lipinski definition) is 4. The minimum absolute atomic E-state index is 0.142. The normalized spacial score (nSPS) is 10.7. The van der Waals surface area contributed by atoms with Crippen molar-refractivity contribution in [3.05, 3.63) is 37.8 Å². The summed E-state index contributed by atoms with van der Waals surface area (Å²) in [4.78, 5) is 22.1. The maximum atomic E-state index is 12.3. The second-order valence-electron chi connectivity index (χ2n) is 2.68. The number of nitrogens with one attached hydrogen (secondary N) is 1. The van der Waals surface area contributed by atoms with E-state index in [2.05, 4.69) is 0 Å². The van der Waals surface area contributed by atoms with Gasteiger partial charge in [0.25, 0.3) is 6.43 Å². The van der Waals surface area contributed by atoms with Gasteiger partial charge in [-0.2, -0.15) is 0 Å². The fraction of sp³-hybridized carbons (Fsp3) is 0.286. The molecule has 0 spiro atoms. The van der Waals surface area contributed by atoms with Crippen LogP contribution in [0.15, 0.2) is 10.9 Å². The third-order valence-electron chi connectivity index (χ3n) is 1.77. The largest absolute Gasteiger partial charge is 0.334 e. The third kappa shape index (κ3) is 2.15. The summed E-state index contributed by atoms with van der Waals surface area (Å²) in [5.41, 5.74) is 2.36. The first kappa shape index (κ1) is 11.2. The lowest BCUT2D eigenvalue weighted by Crippen LogP contribution is -2.17. The van der Waals surface area contributed by atoms with E-state index in [-0.39, 0.29) is 12.1 Å². The standard InChI is InChI=1S/C7H7F2N3O3/c8-6(9)5-3(2-10)1-4(12(14)15)7(13)11-5/h1,6H,2,10H2,(H,11,13). The highest BCUT2D eigenvalue weighted by molar-refractivity contribution is 5.34. The average molecular weight is 219 g/mol. The van der Waals surface area contributed by atoms with Gasteiger partial charge in [-0.3, -0.25) is 14.9 Å². The number of nitrogens with two attached hydrogens (primary N) is 1. The van der Waals surface area contributed by atoms with Gasteiger partial charge in [-0.1, -0.05) is 0 Å². The maximum absolute atomic E-state index is 12.3. The Morgan fingerprint density at radius 2 is 2.20 bits per heavy atom. The third-order valence-corrected chi connectivity index (χ3v) is 1.77. The van der Waals surface area contributed by atoms with Crippen molar-refractivity contribution in [1.29, 1.82) is 0 Å². The number of alkyl halides is 2. The molecule has 0 fully saturated rings. The number of pyridine rings is 1. The minimum atomic E-state index is -2.92. The summed E-state index contributed by atoms with van der Waals surface area (Å²) < 4.78 is 24.7. The van der Waals surface area contributed by atoms with Crippen LogP contribution in [0.1, 0.15) is 17.7 Å². The van der Waals surface area contributed by atoms with Crippen LogP contribution in [0.3, 0.4) is 0 Å². The van der Waals surface area contributed by atoms with Crippen molar-refractivity contribution in [2.45, 2.75) is 13.0 Å². The van der Waals surface area contributed by atoms with Crippen LogP contribution in [-0.2, 0) is 6.54 Å². The molecule has 15 heavy (non-hydrogen) atoms. The zero-order valence-electron chi connectivity index (χ0n) is 7.37. The molecule has 0 bridgehead atoms. The number of aromatic nitrogens is 1. The topological polar surface area (TPSA) is 102 Å². The number of H-pyrrole nitrogens is 1. The molecule has 8 heteroatoms. The highest BCUT2D eigenvalue weighted by Gasteiger charge is 2.20. The van der Waals surface area contributed by atoms with E-state index >= 15 is 0 Å². The minimum Gasteiger partial charge on any atom is -0.326 e. The predicted octanol–water partition coefficient (Wildman–Crippen LogP) is 0.679. The van der Waals surface area contributed by atoms with Crippen molar-refractivity contribution in [3.63, 3.8) is 0 Å². The van der Waals surface area contributed by atoms with E-state index in [0.717, 1.165) is 6.07 Å². The van der Waals surface area contributed by atoms with Crippen molar-refractivity contribution in [3.8, 4) is 0 Å². The van der Waals surface area contributed by atoms with Gasteiger partial charge in [-0.05, 0) is 5.56 Å². The first-order chi connectivity index (χ1) is 6.97. The molecule has 0 aliphatic rings. The van der Waals surface area contributed by atoms with E-state index in [0.29, 0.717) is 0 Å². The molecule has 0 amide bonds. The van der Waals surface area contributed by atoms with Crippen LogP contribution < -0.4 is 11.3 Å². The molecule has 0 saturated carbocycles. The molecule has 1 rings (SSSR count). The molecule has 0 unspecified atom stereocenters. The second kappa shape index (κ2) is 4.13. The number of nitro groups is 1. The Balaban J connectivity index is 3.42. The highest BCUT2D eigenvalue weighted by Crippen LogP contribution is 2.21. The van der Waals surface area contributed by atoms with E-state index in [4.69, 9.17) is 5.73 Å². The van der Waals surface area contributed by atoms with Gasteiger partial charge in [-0.25, -0.2) is 8.78 Å². The molecule has 6 nitrogen and oxygen atoms in total. The molecule has 1 aromatic heterocycles. The molecular formula is C7H7F2N3O3. The number of hydrogen-bond donors (Lipinski definition) is 2. The summed E-state index contributed by atoms with van der Waals surface area (Å²) >= 11 is 0. The first-order valence-corrected chi connectivity index (χ1v) is 3.86. The van der Waals surface area contributed by atoms with Crippen LogP contribution in [0.5, 0.6) is 0 Å². The van der Waals surface area contributed by atoms with Gasteiger partial charge in [0.1, 0.15) is 0 Å². The molecule has 0 atom stereocenters. The SMILES string of the molecule is NCc1cc([N+](=O)[O-])c(=O)[nH]c1C(F)F. The zero-order valence-corrected chi connectivity index (χ0v) is 7.37. The fourth-order valence-corrected chi connectivity index (χ4v) is 1.07. The van der Waals surface area contributed by atoms with Gasteiger partial charge < -0.3 is 10.7 Å². The smallest absolute Gasteiger partial charge is 0.326 e. The van der Waals surface area contributed by atoms with Crippen LogP contribution in [-0.4, -0.2) is 9.91 Å². The number of rotatable bonds is 3. The molecule has 3 N–H and O–H groups in total. The Morgan fingerprint density at radius 3 is 2.60 bits per heavy atom. The maximum Gasteiger partial charge on any atom is 0.334 e. The Kier molecular flexibility index (Phi) is 3.10. The summed E-state index contributed by atoms with van der Waals surface area (Å²) in [6, 6.07) is 0.764.